The predicted molar refractivity (Wildman–Crippen MR) is 110 cm³/mol. The van der Waals surface area contributed by atoms with Crippen LogP contribution in [0.4, 0.5) is 0 Å². The summed E-state index contributed by atoms with van der Waals surface area (Å²) in [6.07, 6.45) is 4.85. The molecule has 30 heavy (non-hydrogen) atoms. The fourth-order valence-corrected chi connectivity index (χ4v) is 4.17. The summed E-state index contributed by atoms with van der Waals surface area (Å²) in [4.78, 5) is 43.7. The third kappa shape index (κ3) is 4.06. The Balaban J connectivity index is 1.42. The molecule has 156 valence electrons. The molecule has 2 aliphatic rings. The van der Waals surface area contributed by atoms with E-state index < -0.39 is 11.6 Å². The van der Waals surface area contributed by atoms with Crippen molar-refractivity contribution < 1.29 is 19.1 Å². The standard InChI is InChI=1S/C23H25N3O4/c1-16(22(29)25-15-17-5-4-11-24-14-17)26-12-10-23(9-8-21(26)28)13-19(27)18-6-2-3-7-20(18)30-23/h2-7,11,14,16H,8-10,12-13,15H2,1H3,(H,25,29)/t16-,23-/m1/s1. The second-order valence-corrected chi connectivity index (χ2v) is 7.97. The zero-order chi connectivity index (χ0) is 21.1. The molecule has 0 radical (unpaired) electrons. The summed E-state index contributed by atoms with van der Waals surface area (Å²) < 4.78 is 6.25. The number of hydrogen-bond acceptors (Lipinski definition) is 5. The third-order valence-electron chi connectivity index (χ3n) is 5.96. The maximum atomic E-state index is 12.8. The van der Waals surface area contributed by atoms with E-state index in [4.69, 9.17) is 4.74 Å². The number of rotatable bonds is 4. The molecule has 2 aliphatic heterocycles. The molecule has 1 fully saturated rings. The van der Waals surface area contributed by atoms with Gasteiger partial charge in [-0.1, -0.05) is 18.2 Å². The number of carbonyl (C=O) groups excluding carboxylic acids is 3. The van der Waals surface area contributed by atoms with Gasteiger partial charge in [0.05, 0.1) is 12.0 Å². The van der Waals surface area contributed by atoms with E-state index in [1.807, 2.05) is 24.3 Å². The van der Waals surface area contributed by atoms with Gasteiger partial charge in [-0.3, -0.25) is 19.4 Å². The lowest BCUT2D eigenvalue weighted by molar-refractivity contribution is -0.139. The van der Waals surface area contributed by atoms with E-state index in [0.717, 1.165) is 5.56 Å². The molecular weight excluding hydrogens is 382 g/mol. The second-order valence-electron chi connectivity index (χ2n) is 7.97. The van der Waals surface area contributed by atoms with Crippen LogP contribution >= 0.6 is 0 Å². The number of nitrogens with zero attached hydrogens (tertiary/aromatic N) is 2. The van der Waals surface area contributed by atoms with E-state index in [0.29, 0.717) is 37.2 Å². The topological polar surface area (TPSA) is 88.6 Å². The normalized spacial score (nSPS) is 22.1. The minimum Gasteiger partial charge on any atom is -0.486 e. The van der Waals surface area contributed by atoms with E-state index in [-0.39, 0.29) is 30.4 Å². The number of pyridine rings is 1. The van der Waals surface area contributed by atoms with E-state index in [9.17, 15) is 14.4 Å². The van der Waals surface area contributed by atoms with Crippen LogP contribution in [-0.2, 0) is 16.1 Å². The van der Waals surface area contributed by atoms with Gasteiger partial charge in [-0.25, -0.2) is 0 Å². The number of carbonyl (C=O) groups is 3. The summed E-state index contributed by atoms with van der Waals surface area (Å²) in [5, 5.41) is 2.87. The Morgan fingerprint density at radius 1 is 1.23 bits per heavy atom. The van der Waals surface area contributed by atoms with Gasteiger partial charge >= 0.3 is 0 Å². The van der Waals surface area contributed by atoms with Crippen molar-refractivity contribution >= 4 is 17.6 Å². The van der Waals surface area contributed by atoms with Crippen LogP contribution in [0.25, 0.3) is 0 Å². The Bertz CT molecular complexity index is 962. The smallest absolute Gasteiger partial charge is 0.242 e. The second kappa shape index (κ2) is 8.26. The Morgan fingerprint density at radius 3 is 2.87 bits per heavy atom. The zero-order valence-corrected chi connectivity index (χ0v) is 17.0. The first-order valence-electron chi connectivity index (χ1n) is 10.2. The van der Waals surface area contributed by atoms with Gasteiger partial charge in [0.25, 0.3) is 0 Å². The Morgan fingerprint density at radius 2 is 2.07 bits per heavy atom. The van der Waals surface area contributed by atoms with E-state index in [1.165, 1.54) is 0 Å². The van der Waals surface area contributed by atoms with E-state index in [2.05, 4.69) is 10.3 Å². The average molecular weight is 407 g/mol. The Hall–Kier alpha value is -3.22. The molecule has 1 aromatic heterocycles. The van der Waals surface area contributed by atoms with Gasteiger partial charge in [0.15, 0.2) is 5.78 Å². The van der Waals surface area contributed by atoms with Gasteiger partial charge in [0.1, 0.15) is 17.4 Å². The highest BCUT2D eigenvalue weighted by Gasteiger charge is 2.44. The number of Topliss-reactive ketones (excluding diaryl/α,β-unsaturated/α-hetero) is 1. The van der Waals surface area contributed by atoms with Gasteiger partial charge in [0.2, 0.25) is 11.8 Å². The average Bonchev–Trinajstić information content (AvgIpc) is 2.91. The van der Waals surface area contributed by atoms with Crippen LogP contribution in [0.5, 0.6) is 5.75 Å². The lowest BCUT2D eigenvalue weighted by Crippen LogP contribution is -2.48. The number of hydrogen-bond donors (Lipinski definition) is 1. The summed E-state index contributed by atoms with van der Waals surface area (Å²) in [5.74, 6) is 0.317. The van der Waals surface area contributed by atoms with Crippen LogP contribution in [-0.4, -0.2) is 45.7 Å². The van der Waals surface area contributed by atoms with Crippen LogP contribution in [0.1, 0.15) is 48.5 Å². The van der Waals surface area contributed by atoms with Gasteiger partial charge < -0.3 is 15.0 Å². The molecule has 0 saturated carbocycles. The maximum absolute atomic E-state index is 12.8. The predicted octanol–water partition coefficient (Wildman–Crippen LogP) is 2.50. The van der Waals surface area contributed by atoms with Gasteiger partial charge in [0, 0.05) is 38.3 Å². The number of ketones is 1. The number of aromatic nitrogens is 1. The highest BCUT2D eigenvalue weighted by atomic mass is 16.5. The first-order valence-corrected chi connectivity index (χ1v) is 10.2. The van der Waals surface area contributed by atoms with Crippen molar-refractivity contribution in [3.8, 4) is 5.75 Å². The molecule has 2 atom stereocenters. The zero-order valence-electron chi connectivity index (χ0n) is 17.0. The Labute approximate surface area is 175 Å². The molecular formula is C23H25N3O4. The van der Waals surface area contributed by atoms with Crippen LogP contribution in [0.15, 0.2) is 48.8 Å². The Kier molecular flexibility index (Phi) is 5.53. The summed E-state index contributed by atoms with van der Waals surface area (Å²) in [6.45, 7) is 2.46. The molecule has 3 heterocycles. The van der Waals surface area contributed by atoms with Gasteiger partial charge in [-0.05, 0) is 37.1 Å². The largest absolute Gasteiger partial charge is 0.486 e. The number of benzene rings is 1. The van der Waals surface area contributed by atoms with Crippen LogP contribution < -0.4 is 10.1 Å². The van der Waals surface area contributed by atoms with Crippen molar-refractivity contribution in [2.45, 2.75) is 50.8 Å². The monoisotopic (exact) mass is 407 g/mol. The summed E-state index contributed by atoms with van der Waals surface area (Å²) in [7, 11) is 0. The quantitative estimate of drug-likeness (QED) is 0.841. The van der Waals surface area contributed by atoms with Crippen LogP contribution in [0, 0.1) is 0 Å². The van der Waals surface area contributed by atoms with Gasteiger partial charge in [-0.15, -0.1) is 0 Å². The third-order valence-corrected chi connectivity index (χ3v) is 5.96. The molecule has 0 bridgehead atoms. The fraction of sp³-hybridized carbons (Fsp3) is 0.391. The lowest BCUT2D eigenvalue weighted by Gasteiger charge is -2.37. The highest BCUT2D eigenvalue weighted by Crippen LogP contribution is 2.39. The number of ether oxygens (including phenoxy) is 1. The SMILES string of the molecule is C[C@H](C(=O)NCc1cccnc1)N1CC[C@]2(CCC1=O)CC(=O)c1ccccc1O2. The minimum atomic E-state index is -0.693. The van der Waals surface area contributed by atoms with Crippen molar-refractivity contribution in [1.82, 2.24) is 15.2 Å². The first kappa shape index (κ1) is 20.1. The number of nitrogens with one attached hydrogen (secondary N) is 1. The summed E-state index contributed by atoms with van der Waals surface area (Å²) in [6, 6.07) is 10.3. The molecule has 7 nitrogen and oxygen atoms in total. The molecule has 0 unspecified atom stereocenters. The summed E-state index contributed by atoms with van der Waals surface area (Å²) >= 11 is 0. The van der Waals surface area contributed by atoms with Crippen LogP contribution in [0.2, 0.25) is 0 Å². The molecule has 1 aromatic carbocycles. The van der Waals surface area contributed by atoms with E-state index >= 15 is 0 Å². The van der Waals surface area contributed by atoms with Crippen molar-refractivity contribution in [2.24, 2.45) is 0 Å². The molecule has 2 aromatic rings. The lowest BCUT2D eigenvalue weighted by atomic mass is 9.84. The fourth-order valence-electron chi connectivity index (χ4n) is 4.17. The number of para-hydroxylation sites is 1. The molecule has 4 rings (SSSR count). The minimum absolute atomic E-state index is 0.0417. The molecule has 7 heteroatoms. The molecule has 1 saturated heterocycles. The van der Waals surface area contributed by atoms with Crippen molar-refractivity contribution in [1.29, 1.82) is 0 Å². The number of fused-ring (bicyclic) bond motifs is 1. The van der Waals surface area contributed by atoms with Crippen molar-refractivity contribution in [3.63, 3.8) is 0 Å². The van der Waals surface area contributed by atoms with Gasteiger partial charge in [-0.2, -0.15) is 0 Å². The first-order chi connectivity index (χ1) is 14.5. The summed E-state index contributed by atoms with van der Waals surface area (Å²) in [5.41, 5.74) is 0.799. The van der Waals surface area contributed by atoms with Crippen LogP contribution in [0.3, 0.4) is 0 Å². The molecule has 1 spiro atoms. The maximum Gasteiger partial charge on any atom is 0.242 e. The number of amides is 2. The number of likely N-dealkylation sites (tertiary alicyclic amines) is 1. The molecule has 1 N–H and O–H groups in total. The van der Waals surface area contributed by atoms with Crippen molar-refractivity contribution in [3.05, 3.63) is 59.9 Å². The molecule has 2 amide bonds. The highest BCUT2D eigenvalue weighted by molar-refractivity contribution is 6.00. The van der Waals surface area contributed by atoms with E-state index in [1.54, 1.807) is 36.4 Å². The molecule has 0 aliphatic carbocycles. The van der Waals surface area contributed by atoms with Crippen molar-refractivity contribution in [2.75, 3.05) is 6.54 Å².